The molecule has 0 bridgehead atoms. The number of benzene rings is 1. The molecule has 0 aliphatic carbocycles. The van der Waals surface area contributed by atoms with Crippen LogP contribution in [0.5, 0.6) is 0 Å². The van der Waals surface area contributed by atoms with Crippen LogP contribution in [-0.4, -0.2) is 35.5 Å². The van der Waals surface area contributed by atoms with Crippen molar-refractivity contribution in [3.8, 4) is 11.8 Å². The van der Waals surface area contributed by atoms with Crippen molar-refractivity contribution in [2.45, 2.75) is 52.1 Å². The Hall–Kier alpha value is -2.28. The van der Waals surface area contributed by atoms with Crippen molar-refractivity contribution in [2.75, 3.05) is 13.1 Å². The summed E-state index contributed by atoms with van der Waals surface area (Å²) in [6, 6.07) is 9.40. The van der Waals surface area contributed by atoms with E-state index in [1.165, 1.54) is 0 Å². The highest BCUT2D eigenvalue weighted by Gasteiger charge is 2.27. The van der Waals surface area contributed by atoms with Crippen LogP contribution < -0.4 is 0 Å². The molecule has 1 unspecified atom stereocenters. The zero-order chi connectivity index (χ0) is 18.4. The van der Waals surface area contributed by atoms with Crippen molar-refractivity contribution in [2.24, 2.45) is 5.92 Å². The van der Waals surface area contributed by atoms with E-state index in [2.05, 4.69) is 18.8 Å². The normalized spacial score (nSPS) is 16.6. The van der Waals surface area contributed by atoms with Crippen LogP contribution in [-0.2, 0) is 14.3 Å². The van der Waals surface area contributed by atoms with Crippen molar-refractivity contribution in [1.82, 2.24) is 4.90 Å². The van der Waals surface area contributed by atoms with Crippen LogP contribution in [0.1, 0.15) is 52.0 Å². The fourth-order valence-electron chi connectivity index (χ4n) is 2.78. The number of amides is 1. The van der Waals surface area contributed by atoms with Gasteiger partial charge in [-0.05, 0) is 45.1 Å². The third-order valence-electron chi connectivity index (χ3n) is 4.19. The lowest BCUT2D eigenvalue weighted by Crippen LogP contribution is -2.40. The highest BCUT2D eigenvalue weighted by Crippen LogP contribution is 2.22. The van der Waals surface area contributed by atoms with Crippen molar-refractivity contribution in [3.05, 3.63) is 35.9 Å². The van der Waals surface area contributed by atoms with Crippen LogP contribution in [0.15, 0.2) is 30.3 Å². The predicted molar refractivity (Wildman–Crippen MR) is 97.8 cm³/mol. The molecule has 4 heteroatoms. The molecule has 1 fully saturated rings. The van der Waals surface area contributed by atoms with Gasteiger partial charge in [-0.15, -0.1) is 0 Å². The molecule has 1 saturated heterocycles. The Morgan fingerprint density at radius 1 is 1.16 bits per heavy atom. The maximum absolute atomic E-state index is 13.0. The molecular formula is C21H27NO3. The van der Waals surface area contributed by atoms with E-state index < -0.39 is 17.5 Å². The van der Waals surface area contributed by atoms with Gasteiger partial charge in [0.05, 0.1) is 0 Å². The van der Waals surface area contributed by atoms with Gasteiger partial charge in [0.1, 0.15) is 11.5 Å². The molecule has 25 heavy (non-hydrogen) atoms. The highest BCUT2D eigenvalue weighted by molar-refractivity contribution is 5.92. The molecule has 0 radical (unpaired) electrons. The fraction of sp³-hybridized carbons (Fsp3) is 0.524. The van der Waals surface area contributed by atoms with Gasteiger partial charge in [0.25, 0.3) is 0 Å². The molecule has 1 atom stereocenters. The van der Waals surface area contributed by atoms with Gasteiger partial charge >= 0.3 is 5.97 Å². The van der Waals surface area contributed by atoms with E-state index in [0.717, 1.165) is 31.5 Å². The van der Waals surface area contributed by atoms with Gasteiger partial charge in [0, 0.05) is 19.0 Å². The van der Waals surface area contributed by atoms with E-state index in [0.29, 0.717) is 5.92 Å². The SMILES string of the molecule is CC1CCN(C(=O)C(C#CC(=O)OC(C)(C)C)c2ccccc2)CC1. The largest absolute Gasteiger partial charge is 0.450 e. The van der Waals surface area contributed by atoms with Crippen LogP contribution in [0.3, 0.4) is 0 Å². The van der Waals surface area contributed by atoms with E-state index >= 15 is 0 Å². The number of ether oxygens (including phenoxy) is 1. The first-order chi connectivity index (χ1) is 11.8. The molecule has 1 aliphatic heterocycles. The van der Waals surface area contributed by atoms with E-state index in [-0.39, 0.29) is 5.91 Å². The summed E-state index contributed by atoms with van der Waals surface area (Å²) in [7, 11) is 0. The maximum Gasteiger partial charge on any atom is 0.384 e. The third-order valence-corrected chi connectivity index (χ3v) is 4.19. The molecule has 0 N–H and O–H groups in total. The molecule has 2 rings (SSSR count). The van der Waals surface area contributed by atoms with Crippen LogP contribution in [0.25, 0.3) is 0 Å². The predicted octanol–water partition coefficient (Wildman–Crippen LogP) is 3.37. The minimum atomic E-state index is -0.637. The lowest BCUT2D eigenvalue weighted by molar-refractivity contribution is -0.147. The topological polar surface area (TPSA) is 46.6 Å². The van der Waals surface area contributed by atoms with Gasteiger partial charge in [-0.25, -0.2) is 4.79 Å². The molecule has 1 aromatic rings. The Balaban J connectivity index is 2.20. The van der Waals surface area contributed by atoms with Gasteiger partial charge < -0.3 is 9.64 Å². The van der Waals surface area contributed by atoms with Gasteiger partial charge in [0.2, 0.25) is 5.91 Å². The molecule has 1 heterocycles. The number of esters is 1. The van der Waals surface area contributed by atoms with Crippen molar-refractivity contribution in [1.29, 1.82) is 0 Å². The van der Waals surface area contributed by atoms with Crippen LogP contribution >= 0.6 is 0 Å². The summed E-state index contributed by atoms with van der Waals surface area (Å²) in [5.74, 6) is 4.73. The number of carbonyl (C=O) groups excluding carboxylic acids is 2. The number of rotatable bonds is 2. The summed E-state index contributed by atoms with van der Waals surface area (Å²) in [6.45, 7) is 9.08. The summed E-state index contributed by atoms with van der Waals surface area (Å²) in [5, 5.41) is 0. The molecular weight excluding hydrogens is 314 g/mol. The number of nitrogens with zero attached hydrogens (tertiary/aromatic N) is 1. The first-order valence-corrected chi connectivity index (χ1v) is 8.84. The van der Waals surface area contributed by atoms with Gasteiger partial charge in [-0.3, -0.25) is 4.79 Å². The maximum atomic E-state index is 13.0. The lowest BCUT2D eigenvalue weighted by Gasteiger charge is -2.32. The van der Waals surface area contributed by atoms with E-state index in [1.807, 2.05) is 35.2 Å². The van der Waals surface area contributed by atoms with E-state index in [1.54, 1.807) is 20.8 Å². The first kappa shape index (κ1) is 19.1. The summed E-state index contributed by atoms with van der Waals surface area (Å²) in [5.41, 5.74) is 0.211. The number of likely N-dealkylation sites (tertiary alicyclic amines) is 1. The highest BCUT2D eigenvalue weighted by atomic mass is 16.6. The molecule has 1 aromatic carbocycles. The monoisotopic (exact) mass is 341 g/mol. The number of hydrogen-bond donors (Lipinski definition) is 0. The number of carbonyl (C=O) groups is 2. The Morgan fingerprint density at radius 2 is 1.76 bits per heavy atom. The molecule has 4 nitrogen and oxygen atoms in total. The fourth-order valence-corrected chi connectivity index (χ4v) is 2.78. The number of piperidine rings is 1. The average molecular weight is 341 g/mol. The van der Waals surface area contributed by atoms with Crippen molar-refractivity contribution in [3.63, 3.8) is 0 Å². The smallest absolute Gasteiger partial charge is 0.384 e. The molecule has 0 saturated carbocycles. The van der Waals surface area contributed by atoms with Crippen LogP contribution in [0, 0.1) is 17.8 Å². The molecule has 1 aliphatic rings. The minimum absolute atomic E-state index is 0.0332. The average Bonchev–Trinajstić information content (AvgIpc) is 2.55. The van der Waals surface area contributed by atoms with Crippen LogP contribution in [0.4, 0.5) is 0 Å². The Labute approximate surface area is 150 Å². The molecule has 134 valence electrons. The van der Waals surface area contributed by atoms with Gasteiger partial charge in [0.15, 0.2) is 0 Å². The summed E-state index contributed by atoms with van der Waals surface area (Å²) in [6.07, 6.45) is 2.01. The van der Waals surface area contributed by atoms with Gasteiger partial charge in [-0.2, -0.15) is 0 Å². The Morgan fingerprint density at radius 3 is 2.32 bits per heavy atom. The van der Waals surface area contributed by atoms with Crippen LogP contribution in [0.2, 0.25) is 0 Å². The second-order valence-electron chi connectivity index (χ2n) is 7.62. The van der Waals surface area contributed by atoms with E-state index in [9.17, 15) is 9.59 Å². The zero-order valence-corrected chi connectivity index (χ0v) is 15.5. The molecule has 1 amide bonds. The third kappa shape index (κ3) is 5.94. The lowest BCUT2D eigenvalue weighted by atomic mass is 9.94. The quantitative estimate of drug-likeness (QED) is 0.471. The second kappa shape index (κ2) is 8.20. The van der Waals surface area contributed by atoms with E-state index in [4.69, 9.17) is 4.74 Å². The summed E-state index contributed by atoms with van der Waals surface area (Å²) < 4.78 is 5.23. The Kier molecular flexibility index (Phi) is 6.25. The number of hydrogen-bond acceptors (Lipinski definition) is 3. The molecule has 0 spiro atoms. The minimum Gasteiger partial charge on any atom is -0.450 e. The molecule has 0 aromatic heterocycles. The Bertz CT molecular complexity index is 656. The summed E-state index contributed by atoms with van der Waals surface area (Å²) >= 11 is 0. The zero-order valence-electron chi connectivity index (χ0n) is 15.5. The van der Waals surface area contributed by atoms with Crippen molar-refractivity contribution >= 4 is 11.9 Å². The van der Waals surface area contributed by atoms with Gasteiger partial charge in [-0.1, -0.05) is 43.2 Å². The van der Waals surface area contributed by atoms with Crippen molar-refractivity contribution < 1.29 is 14.3 Å². The second-order valence-corrected chi connectivity index (χ2v) is 7.62. The first-order valence-electron chi connectivity index (χ1n) is 8.84. The standard InChI is InChI=1S/C21H27NO3/c1-16-12-14-22(15-13-16)20(24)18(17-8-6-5-7-9-17)10-11-19(23)25-21(2,3)4/h5-9,16,18H,12-15H2,1-4H3. The summed E-state index contributed by atoms with van der Waals surface area (Å²) in [4.78, 5) is 26.8.